The van der Waals surface area contributed by atoms with Crippen LogP contribution in [0.2, 0.25) is 0 Å². The van der Waals surface area contributed by atoms with Crippen LogP contribution in [0.5, 0.6) is 0 Å². The highest BCUT2D eigenvalue weighted by atomic mass is 32.2. The number of nitrogens with zero attached hydrogens (tertiary/aromatic N) is 1. The highest BCUT2D eigenvalue weighted by molar-refractivity contribution is 7.98. The zero-order chi connectivity index (χ0) is 13.9. The van der Waals surface area contributed by atoms with Gasteiger partial charge in [-0.05, 0) is 36.3 Å². The smallest absolute Gasteiger partial charge is 0.181 e. The van der Waals surface area contributed by atoms with Crippen LogP contribution in [0.25, 0.3) is 10.6 Å². The van der Waals surface area contributed by atoms with Crippen LogP contribution in [0.1, 0.15) is 30.0 Å². The molecule has 0 aliphatic carbocycles. The summed E-state index contributed by atoms with van der Waals surface area (Å²) in [5.74, 6) is 3.98. The molecule has 20 heavy (non-hydrogen) atoms. The molecule has 108 valence electrons. The molecule has 3 heterocycles. The molecule has 2 aromatic heterocycles. The van der Waals surface area contributed by atoms with Crippen molar-refractivity contribution in [2.24, 2.45) is 5.92 Å². The number of aryl methyl sites for hydroxylation is 1. The molecule has 0 aromatic carbocycles. The Morgan fingerprint density at radius 2 is 2.35 bits per heavy atom. The molecule has 0 spiro atoms. The summed E-state index contributed by atoms with van der Waals surface area (Å²) in [7, 11) is 0. The topological polar surface area (TPSA) is 38.1 Å². The number of nitrogens with one attached hydrogen (secondary N) is 1. The van der Waals surface area contributed by atoms with E-state index in [9.17, 15) is 0 Å². The summed E-state index contributed by atoms with van der Waals surface area (Å²) in [6.45, 7) is 6.20. The fourth-order valence-electron chi connectivity index (χ4n) is 2.33. The summed E-state index contributed by atoms with van der Waals surface area (Å²) in [5, 5.41) is 3.44. The van der Waals surface area contributed by atoms with E-state index < -0.39 is 0 Å². The SMILES string of the molecule is CC(C)CNCc1ncoc1-c1cc2c(s1)CCSC2. The molecule has 5 heteroatoms. The van der Waals surface area contributed by atoms with Crippen LogP contribution in [0.3, 0.4) is 0 Å². The Balaban J connectivity index is 1.76. The molecule has 0 radical (unpaired) electrons. The van der Waals surface area contributed by atoms with E-state index in [1.807, 2.05) is 23.1 Å². The fourth-order valence-corrected chi connectivity index (χ4v) is 4.72. The molecule has 1 aliphatic rings. The second-order valence-electron chi connectivity index (χ2n) is 5.51. The number of rotatable bonds is 5. The van der Waals surface area contributed by atoms with Crippen molar-refractivity contribution < 1.29 is 4.42 Å². The van der Waals surface area contributed by atoms with Crippen LogP contribution < -0.4 is 5.32 Å². The summed E-state index contributed by atoms with van der Waals surface area (Å²) < 4.78 is 5.64. The van der Waals surface area contributed by atoms with Gasteiger partial charge in [0.1, 0.15) is 5.69 Å². The lowest BCUT2D eigenvalue weighted by atomic mass is 10.2. The van der Waals surface area contributed by atoms with Gasteiger partial charge in [0.15, 0.2) is 12.2 Å². The first kappa shape index (κ1) is 14.2. The van der Waals surface area contributed by atoms with Gasteiger partial charge < -0.3 is 9.73 Å². The van der Waals surface area contributed by atoms with Crippen molar-refractivity contribution in [2.75, 3.05) is 12.3 Å². The van der Waals surface area contributed by atoms with Gasteiger partial charge >= 0.3 is 0 Å². The van der Waals surface area contributed by atoms with Crippen molar-refractivity contribution in [2.45, 2.75) is 32.6 Å². The van der Waals surface area contributed by atoms with E-state index in [1.54, 1.807) is 6.39 Å². The van der Waals surface area contributed by atoms with Gasteiger partial charge in [0.05, 0.1) is 4.88 Å². The van der Waals surface area contributed by atoms with Gasteiger partial charge in [-0.25, -0.2) is 4.98 Å². The molecule has 0 saturated carbocycles. The summed E-state index contributed by atoms with van der Waals surface area (Å²) in [5.41, 5.74) is 2.51. The fraction of sp³-hybridized carbons (Fsp3) is 0.533. The molecule has 3 nitrogen and oxygen atoms in total. The van der Waals surface area contributed by atoms with Gasteiger partial charge in [-0.15, -0.1) is 11.3 Å². The van der Waals surface area contributed by atoms with Crippen LogP contribution >= 0.6 is 23.1 Å². The standard InChI is InChI=1S/C15H20N2OS2/c1-10(2)6-16-7-12-15(18-9-17-12)14-5-11-8-19-4-3-13(11)20-14/h5,9-10,16H,3-4,6-8H2,1-2H3. The number of thiophene rings is 1. The number of hydrogen-bond donors (Lipinski definition) is 1. The van der Waals surface area contributed by atoms with Gasteiger partial charge in [0, 0.05) is 17.2 Å². The Morgan fingerprint density at radius 3 is 3.15 bits per heavy atom. The van der Waals surface area contributed by atoms with Crippen molar-refractivity contribution in [3.05, 3.63) is 28.6 Å². The molecule has 0 atom stereocenters. The average Bonchev–Trinajstić information content (AvgIpc) is 3.03. The van der Waals surface area contributed by atoms with E-state index in [-0.39, 0.29) is 0 Å². The summed E-state index contributed by atoms with van der Waals surface area (Å²) >= 11 is 3.89. The van der Waals surface area contributed by atoms with Crippen molar-refractivity contribution >= 4 is 23.1 Å². The first-order chi connectivity index (χ1) is 9.74. The maximum Gasteiger partial charge on any atom is 0.181 e. The quantitative estimate of drug-likeness (QED) is 0.908. The largest absolute Gasteiger partial charge is 0.442 e. The lowest BCUT2D eigenvalue weighted by Crippen LogP contribution is -2.19. The Hall–Kier alpha value is -0.780. The average molecular weight is 308 g/mol. The second-order valence-corrected chi connectivity index (χ2v) is 7.76. The van der Waals surface area contributed by atoms with Gasteiger partial charge in [-0.1, -0.05) is 13.8 Å². The monoisotopic (exact) mass is 308 g/mol. The zero-order valence-corrected chi connectivity index (χ0v) is 13.6. The Kier molecular flexibility index (Phi) is 4.48. The minimum absolute atomic E-state index is 0.649. The number of thioether (sulfide) groups is 1. The van der Waals surface area contributed by atoms with E-state index >= 15 is 0 Å². The zero-order valence-electron chi connectivity index (χ0n) is 11.9. The van der Waals surface area contributed by atoms with Crippen molar-refractivity contribution in [1.29, 1.82) is 0 Å². The number of oxazole rings is 1. The molecular formula is C15H20N2OS2. The minimum Gasteiger partial charge on any atom is -0.442 e. The summed E-state index contributed by atoms with van der Waals surface area (Å²) in [6, 6.07) is 2.29. The molecule has 0 amide bonds. The van der Waals surface area contributed by atoms with Crippen molar-refractivity contribution in [1.82, 2.24) is 10.3 Å². The van der Waals surface area contributed by atoms with Gasteiger partial charge in [-0.3, -0.25) is 0 Å². The van der Waals surface area contributed by atoms with Crippen molar-refractivity contribution in [3.8, 4) is 10.6 Å². The van der Waals surface area contributed by atoms with Crippen LogP contribution in [0.15, 0.2) is 16.9 Å². The molecule has 3 rings (SSSR count). The second kappa shape index (κ2) is 6.33. The first-order valence-electron chi connectivity index (χ1n) is 7.07. The normalized spacial score (nSPS) is 14.8. The van der Waals surface area contributed by atoms with Crippen molar-refractivity contribution in [3.63, 3.8) is 0 Å². The van der Waals surface area contributed by atoms with Crippen LogP contribution in [-0.2, 0) is 18.7 Å². The molecule has 2 aromatic rings. The molecule has 0 fully saturated rings. The lowest BCUT2D eigenvalue weighted by molar-refractivity contribution is 0.545. The third kappa shape index (κ3) is 3.10. The summed E-state index contributed by atoms with van der Waals surface area (Å²) in [6.07, 6.45) is 2.76. The maximum absolute atomic E-state index is 5.64. The molecule has 0 unspecified atom stereocenters. The molecule has 1 aliphatic heterocycles. The van der Waals surface area contributed by atoms with Gasteiger partial charge in [-0.2, -0.15) is 11.8 Å². The Labute approximate surface area is 128 Å². The van der Waals surface area contributed by atoms with Crippen LogP contribution in [-0.4, -0.2) is 17.3 Å². The highest BCUT2D eigenvalue weighted by Gasteiger charge is 2.18. The third-order valence-electron chi connectivity index (χ3n) is 3.34. The van der Waals surface area contributed by atoms with Crippen LogP contribution in [0.4, 0.5) is 0 Å². The number of hydrogen-bond acceptors (Lipinski definition) is 5. The molecule has 0 saturated heterocycles. The third-order valence-corrected chi connectivity index (χ3v) is 5.58. The summed E-state index contributed by atoms with van der Waals surface area (Å²) in [4.78, 5) is 7.12. The van der Waals surface area contributed by atoms with Gasteiger partial charge in [0.25, 0.3) is 0 Å². The lowest BCUT2D eigenvalue weighted by Gasteiger charge is -2.08. The minimum atomic E-state index is 0.649. The Bertz CT molecular complexity index is 551. The molecular weight excluding hydrogens is 288 g/mol. The first-order valence-corrected chi connectivity index (χ1v) is 9.04. The van der Waals surface area contributed by atoms with E-state index in [0.29, 0.717) is 5.92 Å². The Morgan fingerprint density at radius 1 is 1.45 bits per heavy atom. The predicted octanol–water partition coefficient (Wildman–Crippen LogP) is 3.94. The van der Waals surface area contributed by atoms with E-state index in [1.165, 1.54) is 27.5 Å². The maximum atomic E-state index is 5.64. The van der Waals surface area contributed by atoms with E-state index in [4.69, 9.17) is 4.42 Å². The van der Waals surface area contributed by atoms with E-state index in [2.05, 4.69) is 30.2 Å². The highest BCUT2D eigenvalue weighted by Crippen LogP contribution is 2.37. The molecule has 0 bridgehead atoms. The molecule has 1 N–H and O–H groups in total. The van der Waals surface area contributed by atoms with Crippen LogP contribution in [0, 0.1) is 5.92 Å². The van der Waals surface area contributed by atoms with E-state index in [0.717, 1.165) is 30.3 Å². The predicted molar refractivity (Wildman–Crippen MR) is 86.2 cm³/mol. The number of aromatic nitrogens is 1. The van der Waals surface area contributed by atoms with Gasteiger partial charge in [0.2, 0.25) is 0 Å². The number of fused-ring (bicyclic) bond motifs is 1.